The Morgan fingerprint density at radius 2 is 2.00 bits per heavy atom. The highest BCUT2D eigenvalue weighted by molar-refractivity contribution is 4.99. The molecule has 0 aliphatic carbocycles. The van der Waals surface area contributed by atoms with Crippen molar-refractivity contribution in [3.05, 3.63) is 24.4 Å². The first-order valence-electron chi connectivity index (χ1n) is 2.48. The van der Waals surface area contributed by atoms with Crippen LogP contribution in [0.3, 0.4) is 0 Å². The maximum atomic E-state index is 3.60. The largest absolute Gasteiger partial charge is 0.193 e. The SMILES string of the molecule is C\C=C/C=C\N=N/C. The van der Waals surface area contributed by atoms with E-state index in [1.165, 1.54) is 0 Å². The number of nitrogens with zero attached hydrogens (tertiary/aromatic N) is 2. The fourth-order valence-corrected chi connectivity index (χ4v) is 0.266. The Hall–Kier alpha value is -0.920. The van der Waals surface area contributed by atoms with E-state index in [2.05, 4.69) is 10.2 Å². The van der Waals surface area contributed by atoms with Crippen LogP contribution in [0.25, 0.3) is 0 Å². The van der Waals surface area contributed by atoms with Gasteiger partial charge in [0.25, 0.3) is 0 Å². The fourth-order valence-electron chi connectivity index (χ4n) is 0.266. The molecule has 0 saturated heterocycles. The van der Waals surface area contributed by atoms with Crippen LogP contribution in [0.1, 0.15) is 6.92 Å². The zero-order valence-corrected chi connectivity index (χ0v) is 5.20. The molecule has 0 aliphatic rings. The van der Waals surface area contributed by atoms with E-state index in [1.807, 2.05) is 25.2 Å². The fraction of sp³-hybridized carbons (Fsp3) is 0.333. The van der Waals surface area contributed by atoms with Crippen LogP contribution >= 0.6 is 0 Å². The van der Waals surface area contributed by atoms with Gasteiger partial charge in [-0.05, 0) is 13.0 Å². The summed E-state index contributed by atoms with van der Waals surface area (Å²) in [5.41, 5.74) is 0. The number of hydrogen-bond acceptors (Lipinski definition) is 2. The molecule has 0 aromatic rings. The van der Waals surface area contributed by atoms with Crippen molar-refractivity contribution in [2.45, 2.75) is 6.92 Å². The van der Waals surface area contributed by atoms with Crippen LogP contribution in [0.4, 0.5) is 0 Å². The molecule has 2 heteroatoms. The molecule has 0 aromatic heterocycles. The Morgan fingerprint density at radius 1 is 1.25 bits per heavy atom. The van der Waals surface area contributed by atoms with Crippen molar-refractivity contribution in [2.75, 3.05) is 7.05 Å². The number of allylic oxidation sites excluding steroid dienone is 3. The molecule has 0 atom stereocenters. The second-order valence-electron chi connectivity index (χ2n) is 1.18. The third-order valence-corrected chi connectivity index (χ3v) is 0.572. The summed E-state index contributed by atoms with van der Waals surface area (Å²) in [4.78, 5) is 0. The standard InChI is InChI=1S/C6H10N2/c1-3-4-5-6-8-7-2/h3-6H,1-2H3/b4-3-,6-5-,8-7-. The third kappa shape index (κ3) is 5.08. The van der Waals surface area contributed by atoms with Crippen molar-refractivity contribution in [2.24, 2.45) is 10.2 Å². The van der Waals surface area contributed by atoms with Gasteiger partial charge in [0.05, 0.1) is 0 Å². The van der Waals surface area contributed by atoms with Gasteiger partial charge < -0.3 is 0 Å². The van der Waals surface area contributed by atoms with Crippen molar-refractivity contribution in [1.29, 1.82) is 0 Å². The van der Waals surface area contributed by atoms with E-state index in [0.717, 1.165) is 0 Å². The van der Waals surface area contributed by atoms with E-state index in [-0.39, 0.29) is 0 Å². The zero-order valence-electron chi connectivity index (χ0n) is 5.20. The Labute approximate surface area is 49.6 Å². The van der Waals surface area contributed by atoms with Gasteiger partial charge in [0.1, 0.15) is 0 Å². The molecule has 0 spiro atoms. The first kappa shape index (κ1) is 7.08. The first-order chi connectivity index (χ1) is 3.91. The molecule has 0 saturated carbocycles. The van der Waals surface area contributed by atoms with Crippen molar-refractivity contribution < 1.29 is 0 Å². The molecule has 0 radical (unpaired) electrons. The minimum absolute atomic E-state index is 1.64. The van der Waals surface area contributed by atoms with Gasteiger partial charge >= 0.3 is 0 Å². The van der Waals surface area contributed by atoms with E-state index < -0.39 is 0 Å². The minimum atomic E-state index is 1.64. The highest BCUT2D eigenvalue weighted by Gasteiger charge is 1.56. The molecule has 0 fully saturated rings. The monoisotopic (exact) mass is 110 g/mol. The molecule has 0 rings (SSSR count). The molecule has 0 amide bonds. The smallest absolute Gasteiger partial charge is 0.0491 e. The second kappa shape index (κ2) is 6.08. The average molecular weight is 110 g/mol. The lowest BCUT2D eigenvalue weighted by atomic mass is 10.5. The number of rotatable bonds is 2. The maximum Gasteiger partial charge on any atom is 0.0491 e. The molecular formula is C6H10N2. The van der Waals surface area contributed by atoms with Crippen LogP contribution < -0.4 is 0 Å². The highest BCUT2D eigenvalue weighted by Crippen LogP contribution is 1.77. The summed E-state index contributed by atoms with van der Waals surface area (Å²) in [5.74, 6) is 0. The molecule has 0 aromatic carbocycles. The van der Waals surface area contributed by atoms with Gasteiger partial charge in [0.2, 0.25) is 0 Å². The molecule has 0 heterocycles. The Morgan fingerprint density at radius 3 is 2.50 bits per heavy atom. The van der Waals surface area contributed by atoms with Crippen LogP contribution in [0, 0.1) is 0 Å². The first-order valence-corrected chi connectivity index (χ1v) is 2.48. The normalized spacial score (nSPS) is 12.8. The summed E-state index contributed by atoms with van der Waals surface area (Å²) in [7, 11) is 1.64. The zero-order chi connectivity index (χ0) is 6.24. The van der Waals surface area contributed by atoms with Crippen molar-refractivity contribution in [3.8, 4) is 0 Å². The van der Waals surface area contributed by atoms with Crippen LogP contribution in [-0.4, -0.2) is 7.05 Å². The lowest BCUT2D eigenvalue weighted by molar-refractivity contribution is 1.16. The molecule has 2 nitrogen and oxygen atoms in total. The molecule has 0 aliphatic heterocycles. The van der Waals surface area contributed by atoms with E-state index in [4.69, 9.17) is 0 Å². The van der Waals surface area contributed by atoms with Gasteiger partial charge in [-0.25, -0.2) is 0 Å². The van der Waals surface area contributed by atoms with E-state index >= 15 is 0 Å². The van der Waals surface area contributed by atoms with Crippen molar-refractivity contribution in [1.82, 2.24) is 0 Å². The molecule has 8 heavy (non-hydrogen) atoms. The van der Waals surface area contributed by atoms with E-state index in [1.54, 1.807) is 13.2 Å². The van der Waals surface area contributed by atoms with Gasteiger partial charge in [-0.3, -0.25) is 0 Å². The highest BCUT2D eigenvalue weighted by atomic mass is 15.1. The average Bonchev–Trinajstić information content (AvgIpc) is 1.81. The maximum absolute atomic E-state index is 3.60. The third-order valence-electron chi connectivity index (χ3n) is 0.572. The summed E-state index contributed by atoms with van der Waals surface area (Å²) in [6.45, 7) is 1.95. The van der Waals surface area contributed by atoms with Crippen molar-refractivity contribution in [3.63, 3.8) is 0 Å². The van der Waals surface area contributed by atoms with Crippen LogP contribution in [-0.2, 0) is 0 Å². The second-order valence-corrected chi connectivity index (χ2v) is 1.18. The lowest BCUT2D eigenvalue weighted by Gasteiger charge is -1.68. The molecule has 0 bridgehead atoms. The Balaban J connectivity index is 3.35. The summed E-state index contributed by atoms with van der Waals surface area (Å²) < 4.78 is 0. The van der Waals surface area contributed by atoms with E-state index in [0.29, 0.717) is 0 Å². The van der Waals surface area contributed by atoms with Gasteiger partial charge in [-0.1, -0.05) is 12.2 Å². The topological polar surface area (TPSA) is 24.7 Å². The van der Waals surface area contributed by atoms with Crippen LogP contribution in [0.15, 0.2) is 34.7 Å². The summed E-state index contributed by atoms with van der Waals surface area (Å²) >= 11 is 0. The summed E-state index contributed by atoms with van der Waals surface area (Å²) in [6, 6.07) is 0. The van der Waals surface area contributed by atoms with Gasteiger partial charge in [0.15, 0.2) is 0 Å². The van der Waals surface area contributed by atoms with Gasteiger partial charge in [-0.15, -0.1) is 0 Å². The molecule has 0 N–H and O–H groups in total. The Kier molecular flexibility index (Phi) is 5.38. The quantitative estimate of drug-likeness (QED) is 0.384. The number of hydrogen-bond donors (Lipinski definition) is 0. The van der Waals surface area contributed by atoms with Gasteiger partial charge in [0, 0.05) is 13.2 Å². The molecular weight excluding hydrogens is 100 g/mol. The lowest BCUT2D eigenvalue weighted by Crippen LogP contribution is -1.47. The molecule has 0 unspecified atom stereocenters. The van der Waals surface area contributed by atoms with Crippen LogP contribution in [0.2, 0.25) is 0 Å². The Bertz CT molecular complexity index is 97.7. The predicted molar refractivity (Wildman–Crippen MR) is 34.7 cm³/mol. The van der Waals surface area contributed by atoms with Gasteiger partial charge in [-0.2, -0.15) is 10.2 Å². The summed E-state index contributed by atoms with van der Waals surface area (Å²) in [6.07, 6.45) is 7.30. The van der Waals surface area contributed by atoms with Crippen molar-refractivity contribution >= 4 is 0 Å². The molecule has 44 valence electrons. The minimum Gasteiger partial charge on any atom is -0.193 e. The van der Waals surface area contributed by atoms with E-state index in [9.17, 15) is 0 Å². The summed E-state index contributed by atoms with van der Waals surface area (Å²) in [5, 5.41) is 7.11. The number of azo groups is 1. The van der Waals surface area contributed by atoms with Crippen LogP contribution in [0.5, 0.6) is 0 Å². The predicted octanol–water partition coefficient (Wildman–Crippen LogP) is 2.16.